The van der Waals surface area contributed by atoms with Crippen molar-refractivity contribution in [3.05, 3.63) is 138 Å². The number of nitrogens with one attached hydrogen (secondary N) is 2. The van der Waals surface area contributed by atoms with Gasteiger partial charge in [-0.2, -0.15) is 13.2 Å². The fourth-order valence-electron chi connectivity index (χ4n) is 4.00. The number of hydrogen-bond acceptors (Lipinski definition) is 4. The summed E-state index contributed by atoms with van der Waals surface area (Å²) in [5.41, 5.74) is 0.406. The SMILES string of the molecule is O=P1(Nc2cccc(S(=O)(=O)Nc3cccc(C(F)(F)F)c3)c2)C=C(c2ccccc2)OC(c2ccccc2)=C1. The highest BCUT2D eigenvalue weighted by Crippen LogP contribution is 2.56. The van der Waals surface area contributed by atoms with Crippen LogP contribution in [0.1, 0.15) is 16.7 Å². The van der Waals surface area contributed by atoms with Crippen molar-refractivity contribution in [3.63, 3.8) is 0 Å². The summed E-state index contributed by atoms with van der Waals surface area (Å²) in [7, 11) is -7.75. The van der Waals surface area contributed by atoms with Crippen LogP contribution in [0.5, 0.6) is 0 Å². The van der Waals surface area contributed by atoms with Crippen molar-refractivity contribution in [3.8, 4) is 0 Å². The Hall–Kier alpha value is -4.27. The van der Waals surface area contributed by atoms with Gasteiger partial charge in [-0.15, -0.1) is 0 Å². The number of hydrogen-bond donors (Lipinski definition) is 2. The zero-order valence-electron chi connectivity index (χ0n) is 20.7. The normalized spacial score (nSPS) is 14.9. The lowest BCUT2D eigenvalue weighted by molar-refractivity contribution is -0.137. The van der Waals surface area contributed by atoms with Crippen molar-refractivity contribution in [2.24, 2.45) is 0 Å². The van der Waals surface area contributed by atoms with Gasteiger partial charge in [0.2, 0.25) is 7.29 Å². The Balaban J connectivity index is 1.46. The van der Waals surface area contributed by atoms with Crippen LogP contribution in [0.15, 0.2) is 126 Å². The molecule has 0 radical (unpaired) electrons. The summed E-state index contributed by atoms with van der Waals surface area (Å²) < 4.78 is 87.7. The third-order valence-electron chi connectivity index (χ3n) is 5.84. The van der Waals surface area contributed by atoms with Gasteiger partial charge in [-0.05, 0) is 36.4 Å². The fraction of sp³-hybridized carbons (Fsp3) is 0.0345. The smallest absolute Gasteiger partial charge is 0.416 e. The molecule has 1 heterocycles. The van der Waals surface area contributed by atoms with E-state index in [9.17, 15) is 26.2 Å². The van der Waals surface area contributed by atoms with Crippen molar-refractivity contribution >= 4 is 40.2 Å². The third-order valence-corrected chi connectivity index (χ3v) is 9.07. The van der Waals surface area contributed by atoms with E-state index in [0.717, 1.165) is 12.1 Å². The van der Waals surface area contributed by atoms with Gasteiger partial charge in [-0.25, -0.2) is 8.42 Å². The molecule has 0 amide bonds. The number of sulfonamides is 1. The molecule has 204 valence electrons. The molecule has 1 aliphatic rings. The van der Waals surface area contributed by atoms with Crippen molar-refractivity contribution in [1.82, 2.24) is 0 Å². The molecule has 0 unspecified atom stereocenters. The Morgan fingerprint density at radius 2 is 1.23 bits per heavy atom. The largest absolute Gasteiger partial charge is 0.456 e. The van der Waals surface area contributed by atoms with Crippen LogP contribution in [0.2, 0.25) is 0 Å². The Labute approximate surface area is 229 Å². The first-order valence-electron chi connectivity index (χ1n) is 11.9. The lowest BCUT2D eigenvalue weighted by Crippen LogP contribution is -2.14. The number of benzene rings is 4. The molecular weight excluding hydrogens is 560 g/mol. The number of rotatable bonds is 7. The van der Waals surface area contributed by atoms with Gasteiger partial charge in [0.05, 0.1) is 10.5 Å². The van der Waals surface area contributed by atoms with E-state index in [2.05, 4.69) is 9.81 Å². The molecular formula is C29H22F3N2O4PS. The van der Waals surface area contributed by atoms with Gasteiger partial charge in [0, 0.05) is 34.1 Å². The molecule has 0 bridgehead atoms. The highest BCUT2D eigenvalue weighted by atomic mass is 32.2. The summed E-state index contributed by atoms with van der Waals surface area (Å²) in [4.78, 5) is -0.228. The van der Waals surface area contributed by atoms with Crippen LogP contribution in [-0.2, 0) is 25.5 Å². The lowest BCUT2D eigenvalue weighted by atomic mass is 10.2. The Bertz CT molecular complexity index is 1700. The number of ether oxygens (including phenoxy) is 1. The molecule has 6 nitrogen and oxygen atoms in total. The van der Waals surface area contributed by atoms with Crippen LogP contribution in [0.4, 0.5) is 24.5 Å². The van der Waals surface area contributed by atoms with E-state index in [1.165, 1.54) is 35.9 Å². The van der Waals surface area contributed by atoms with Gasteiger partial charge >= 0.3 is 6.18 Å². The summed E-state index contributed by atoms with van der Waals surface area (Å²) in [6.45, 7) is 0. The molecule has 0 aromatic heterocycles. The van der Waals surface area contributed by atoms with E-state index in [-0.39, 0.29) is 16.3 Å². The van der Waals surface area contributed by atoms with Crippen LogP contribution in [-0.4, -0.2) is 8.42 Å². The molecule has 4 aromatic rings. The lowest BCUT2D eigenvalue weighted by Gasteiger charge is -2.24. The third kappa shape index (κ3) is 6.30. The van der Waals surface area contributed by atoms with Gasteiger partial charge in [0.1, 0.15) is 11.5 Å². The minimum absolute atomic E-state index is 0.226. The number of alkyl halides is 3. The van der Waals surface area contributed by atoms with E-state index in [1.54, 1.807) is 6.07 Å². The van der Waals surface area contributed by atoms with Crippen LogP contribution in [0.25, 0.3) is 11.5 Å². The molecule has 0 fully saturated rings. The highest BCUT2D eigenvalue weighted by Gasteiger charge is 2.31. The van der Waals surface area contributed by atoms with E-state index in [0.29, 0.717) is 28.7 Å². The molecule has 0 saturated carbocycles. The van der Waals surface area contributed by atoms with Gasteiger partial charge in [0.15, 0.2) is 0 Å². The van der Waals surface area contributed by atoms with Crippen molar-refractivity contribution in [2.75, 3.05) is 9.81 Å². The molecule has 0 aliphatic carbocycles. The predicted octanol–water partition coefficient (Wildman–Crippen LogP) is 8.22. The standard InChI is InChI=1S/C29H22F3N2O4PS/c30-29(31,32)23-13-7-15-25(17-23)34-40(36,37)26-16-8-14-24(18-26)33-39(35)19-27(21-9-3-1-4-10-21)38-28(20-39)22-11-5-2-6-12-22/h1-20,34H,(H,33,35). The number of anilines is 2. The summed E-state index contributed by atoms with van der Waals surface area (Å²) in [6, 6.07) is 27.7. The topological polar surface area (TPSA) is 84.5 Å². The Kier molecular flexibility index (Phi) is 7.31. The monoisotopic (exact) mass is 582 g/mol. The average Bonchev–Trinajstić information content (AvgIpc) is 2.93. The molecule has 4 aromatic carbocycles. The van der Waals surface area contributed by atoms with Gasteiger partial charge in [-0.3, -0.25) is 9.29 Å². The highest BCUT2D eigenvalue weighted by molar-refractivity contribution is 7.92. The predicted molar refractivity (Wildman–Crippen MR) is 150 cm³/mol. The fourth-order valence-corrected chi connectivity index (χ4v) is 6.94. The second-order valence-electron chi connectivity index (χ2n) is 8.85. The first-order valence-corrected chi connectivity index (χ1v) is 15.3. The van der Waals surface area contributed by atoms with Crippen LogP contribution >= 0.6 is 7.29 Å². The zero-order valence-corrected chi connectivity index (χ0v) is 22.4. The summed E-state index contributed by atoms with van der Waals surface area (Å²) in [5, 5.41) is 2.94. The van der Waals surface area contributed by atoms with Crippen LogP contribution < -0.4 is 9.81 Å². The second kappa shape index (κ2) is 10.7. The van der Waals surface area contributed by atoms with Gasteiger partial charge in [0.25, 0.3) is 10.0 Å². The number of halogens is 3. The molecule has 0 spiro atoms. The van der Waals surface area contributed by atoms with E-state index >= 15 is 0 Å². The molecule has 40 heavy (non-hydrogen) atoms. The van der Waals surface area contributed by atoms with Crippen molar-refractivity contribution < 1.29 is 30.9 Å². The van der Waals surface area contributed by atoms with Crippen molar-refractivity contribution in [2.45, 2.75) is 11.1 Å². The van der Waals surface area contributed by atoms with Gasteiger partial charge < -0.3 is 9.82 Å². The van der Waals surface area contributed by atoms with Crippen molar-refractivity contribution in [1.29, 1.82) is 0 Å². The minimum Gasteiger partial charge on any atom is -0.456 e. The molecule has 2 N–H and O–H groups in total. The van der Waals surface area contributed by atoms with Crippen LogP contribution in [0, 0.1) is 0 Å². The Morgan fingerprint density at radius 1 is 0.675 bits per heavy atom. The van der Waals surface area contributed by atoms with E-state index in [4.69, 9.17) is 4.74 Å². The molecule has 5 rings (SSSR count). The quantitative estimate of drug-likeness (QED) is 0.215. The zero-order chi connectivity index (χ0) is 28.4. The summed E-state index contributed by atoms with van der Waals surface area (Å²) in [6.07, 6.45) is -4.63. The molecule has 0 saturated heterocycles. The maximum atomic E-state index is 14.1. The van der Waals surface area contributed by atoms with E-state index in [1.807, 2.05) is 60.7 Å². The first kappa shape index (κ1) is 27.3. The minimum atomic E-state index is -4.63. The molecule has 0 atom stereocenters. The summed E-state index contributed by atoms with van der Waals surface area (Å²) >= 11 is 0. The maximum absolute atomic E-state index is 14.1. The Morgan fingerprint density at radius 3 is 1.80 bits per heavy atom. The van der Waals surface area contributed by atoms with Gasteiger partial charge in [-0.1, -0.05) is 72.8 Å². The average molecular weight is 583 g/mol. The van der Waals surface area contributed by atoms with E-state index < -0.39 is 29.1 Å². The molecule has 1 aliphatic heterocycles. The second-order valence-corrected chi connectivity index (χ2v) is 12.7. The summed E-state index contributed by atoms with van der Waals surface area (Å²) in [5.74, 6) is 3.67. The molecule has 11 heteroatoms. The maximum Gasteiger partial charge on any atom is 0.416 e. The van der Waals surface area contributed by atoms with Crippen LogP contribution in [0.3, 0.4) is 0 Å². The first-order chi connectivity index (χ1) is 19.0.